The molecular weight excluding hydrogens is 318 g/mol. The highest BCUT2D eigenvalue weighted by atomic mass is 79.9. The Morgan fingerprint density at radius 2 is 2.11 bits per heavy atom. The van der Waals surface area contributed by atoms with Gasteiger partial charge in [0.25, 0.3) is 0 Å². The molecule has 1 heterocycles. The topological polar surface area (TPSA) is 42.4 Å². The maximum Gasteiger partial charge on any atom is 0.219 e. The summed E-state index contributed by atoms with van der Waals surface area (Å²) < 4.78 is 6.65. The molecule has 2 aromatic rings. The molecule has 18 heavy (non-hydrogen) atoms. The first kappa shape index (κ1) is 13.3. The van der Waals surface area contributed by atoms with Crippen LogP contribution in [0.2, 0.25) is 5.02 Å². The van der Waals surface area contributed by atoms with E-state index >= 15 is 0 Å². The van der Waals surface area contributed by atoms with E-state index in [9.17, 15) is 0 Å². The lowest BCUT2D eigenvalue weighted by molar-refractivity contribution is 0.275. The molecule has 94 valence electrons. The molecule has 0 saturated heterocycles. The van der Waals surface area contributed by atoms with E-state index in [0.29, 0.717) is 16.6 Å². The van der Waals surface area contributed by atoms with Crippen LogP contribution in [-0.4, -0.2) is 10.1 Å². The van der Waals surface area contributed by atoms with Crippen molar-refractivity contribution in [3.63, 3.8) is 0 Å². The van der Waals surface area contributed by atoms with E-state index in [-0.39, 0.29) is 6.61 Å². The number of nitrogens with zero attached hydrogens (tertiary/aromatic N) is 1. The molecule has 0 saturated carbocycles. The summed E-state index contributed by atoms with van der Waals surface area (Å²) in [5, 5.41) is 9.52. The van der Waals surface area contributed by atoms with Crippen LogP contribution in [0.5, 0.6) is 11.6 Å². The Morgan fingerprint density at radius 3 is 2.78 bits per heavy atom. The SMILES string of the molecule is Cc1cc(Br)ccc1Oc1ccc(Cl)c(CO)n1. The Labute approximate surface area is 119 Å². The van der Waals surface area contributed by atoms with Crippen molar-refractivity contribution < 1.29 is 9.84 Å². The summed E-state index contributed by atoms with van der Waals surface area (Å²) in [5.41, 5.74) is 1.40. The van der Waals surface area contributed by atoms with Crippen LogP contribution in [0.25, 0.3) is 0 Å². The Bertz CT molecular complexity index is 575. The van der Waals surface area contributed by atoms with E-state index in [0.717, 1.165) is 15.8 Å². The number of benzene rings is 1. The van der Waals surface area contributed by atoms with Crippen LogP contribution >= 0.6 is 27.5 Å². The van der Waals surface area contributed by atoms with Gasteiger partial charge < -0.3 is 9.84 Å². The van der Waals surface area contributed by atoms with Crippen LogP contribution in [0, 0.1) is 6.92 Å². The van der Waals surface area contributed by atoms with Crippen molar-refractivity contribution in [1.29, 1.82) is 0 Å². The van der Waals surface area contributed by atoms with Gasteiger partial charge in [0.2, 0.25) is 5.88 Å². The average molecular weight is 329 g/mol. The molecule has 1 N–H and O–H groups in total. The minimum absolute atomic E-state index is 0.213. The number of ether oxygens (including phenoxy) is 1. The second-order valence-electron chi connectivity index (χ2n) is 3.75. The van der Waals surface area contributed by atoms with Gasteiger partial charge in [0, 0.05) is 10.5 Å². The van der Waals surface area contributed by atoms with Crippen molar-refractivity contribution in [3.05, 3.63) is 51.1 Å². The van der Waals surface area contributed by atoms with E-state index in [1.54, 1.807) is 12.1 Å². The molecule has 0 aliphatic carbocycles. The normalized spacial score (nSPS) is 10.4. The fourth-order valence-electron chi connectivity index (χ4n) is 1.47. The van der Waals surface area contributed by atoms with Crippen molar-refractivity contribution in [2.45, 2.75) is 13.5 Å². The van der Waals surface area contributed by atoms with E-state index in [2.05, 4.69) is 20.9 Å². The first-order chi connectivity index (χ1) is 8.60. The molecule has 0 spiro atoms. The number of pyridine rings is 1. The van der Waals surface area contributed by atoms with E-state index in [1.165, 1.54) is 0 Å². The summed E-state index contributed by atoms with van der Waals surface area (Å²) >= 11 is 9.26. The zero-order valence-corrected chi connectivity index (χ0v) is 12.0. The summed E-state index contributed by atoms with van der Waals surface area (Å²) in [6.45, 7) is 1.73. The lowest BCUT2D eigenvalue weighted by Gasteiger charge is -2.09. The minimum Gasteiger partial charge on any atom is -0.439 e. The maximum absolute atomic E-state index is 9.09. The van der Waals surface area contributed by atoms with Crippen molar-refractivity contribution in [1.82, 2.24) is 4.98 Å². The molecule has 1 aromatic heterocycles. The number of aliphatic hydroxyl groups is 1. The third-order valence-electron chi connectivity index (χ3n) is 2.39. The van der Waals surface area contributed by atoms with E-state index < -0.39 is 0 Å². The fourth-order valence-corrected chi connectivity index (χ4v) is 2.11. The number of hydrogen-bond donors (Lipinski definition) is 1. The molecule has 2 rings (SSSR count). The summed E-state index contributed by atoms with van der Waals surface area (Å²) in [6, 6.07) is 9.03. The highest BCUT2D eigenvalue weighted by Crippen LogP contribution is 2.27. The zero-order valence-electron chi connectivity index (χ0n) is 9.65. The summed E-state index contributed by atoms with van der Waals surface area (Å²) in [7, 11) is 0. The fraction of sp³-hybridized carbons (Fsp3) is 0.154. The van der Waals surface area contributed by atoms with Crippen LogP contribution in [-0.2, 0) is 6.61 Å². The Kier molecular flexibility index (Phi) is 4.22. The van der Waals surface area contributed by atoms with Gasteiger partial charge in [-0.3, -0.25) is 0 Å². The van der Waals surface area contributed by atoms with Gasteiger partial charge in [-0.05, 0) is 36.8 Å². The van der Waals surface area contributed by atoms with Gasteiger partial charge in [-0.15, -0.1) is 0 Å². The number of halogens is 2. The first-order valence-corrected chi connectivity index (χ1v) is 6.47. The van der Waals surface area contributed by atoms with Gasteiger partial charge in [-0.25, -0.2) is 4.98 Å². The number of aromatic nitrogens is 1. The standard InChI is InChI=1S/C13H11BrClNO2/c1-8-6-9(14)2-4-12(8)18-13-5-3-10(15)11(7-17)16-13/h2-6,17H,7H2,1H3. The third-order valence-corrected chi connectivity index (χ3v) is 3.23. The molecule has 0 bridgehead atoms. The monoisotopic (exact) mass is 327 g/mol. The molecule has 0 radical (unpaired) electrons. The van der Waals surface area contributed by atoms with Crippen LogP contribution in [0.15, 0.2) is 34.8 Å². The Balaban J connectivity index is 2.28. The largest absolute Gasteiger partial charge is 0.439 e. The maximum atomic E-state index is 9.09. The zero-order chi connectivity index (χ0) is 13.1. The minimum atomic E-state index is -0.213. The summed E-state index contributed by atoms with van der Waals surface area (Å²) in [5.74, 6) is 1.13. The van der Waals surface area contributed by atoms with E-state index in [4.69, 9.17) is 21.4 Å². The van der Waals surface area contributed by atoms with Crippen molar-refractivity contribution >= 4 is 27.5 Å². The molecular formula is C13H11BrClNO2. The predicted molar refractivity (Wildman–Crippen MR) is 74.1 cm³/mol. The second kappa shape index (κ2) is 5.69. The van der Waals surface area contributed by atoms with Crippen LogP contribution in [0.4, 0.5) is 0 Å². The predicted octanol–water partition coefficient (Wildman–Crippen LogP) is 4.09. The summed E-state index contributed by atoms with van der Waals surface area (Å²) in [4.78, 5) is 4.13. The molecule has 5 heteroatoms. The Hall–Kier alpha value is -1.10. The molecule has 0 amide bonds. The molecule has 3 nitrogen and oxygen atoms in total. The molecule has 0 aliphatic heterocycles. The number of aryl methyl sites for hydroxylation is 1. The molecule has 0 aliphatic rings. The average Bonchev–Trinajstić information content (AvgIpc) is 2.35. The number of hydrogen-bond acceptors (Lipinski definition) is 3. The van der Waals surface area contributed by atoms with Gasteiger partial charge >= 0.3 is 0 Å². The highest BCUT2D eigenvalue weighted by molar-refractivity contribution is 9.10. The van der Waals surface area contributed by atoms with Crippen molar-refractivity contribution in [3.8, 4) is 11.6 Å². The summed E-state index contributed by atoms with van der Waals surface area (Å²) in [6.07, 6.45) is 0. The molecule has 1 aromatic carbocycles. The number of aliphatic hydroxyl groups excluding tert-OH is 1. The van der Waals surface area contributed by atoms with Crippen LogP contribution in [0.1, 0.15) is 11.3 Å². The van der Waals surface area contributed by atoms with Gasteiger partial charge in [-0.2, -0.15) is 0 Å². The first-order valence-electron chi connectivity index (χ1n) is 5.30. The van der Waals surface area contributed by atoms with Gasteiger partial charge in [0.05, 0.1) is 17.3 Å². The number of rotatable bonds is 3. The molecule has 0 unspecified atom stereocenters. The molecule has 0 atom stereocenters. The quantitative estimate of drug-likeness (QED) is 0.922. The highest BCUT2D eigenvalue weighted by Gasteiger charge is 2.06. The lowest BCUT2D eigenvalue weighted by atomic mass is 10.2. The molecule has 0 fully saturated rings. The van der Waals surface area contributed by atoms with Gasteiger partial charge in [0.1, 0.15) is 5.75 Å². The van der Waals surface area contributed by atoms with E-state index in [1.807, 2.05) is 25.1 Å². The van der Waals surface area contributed by atoms with Crippen molar-refractivity contribution in [2.24, 2.45) is 0 Å². The van der Waals surface area contributed by atoms with Crippen molar-refractivity contribution in [2.75, 3.05) is 0 Å². The smallest absolute Gasteiger partial charge is 0.219 e. The lowest BCUT2D eigenvalue weighted by Crippen LogP contribution is -1.95. The van der Waals surface area contributed by atoms with Gasteiger partial charge in [-0.1, -0.05) is 27.5 Å². The van der Waals surface area contributed by atoms with Gasteiger partial charge in [0.15, 0.2) is 0 Å². The third kappa shape index (κ3) is 3.02. The van der Waals surface area contributed by atoms with Crippen LogP contribution in [0.3, 0.4) is 0 Å². The van der Waals surface area contributed by atoms with Crippen LogP contribution < -0.4 is 4.74 Å². The Morgan fingerprint density at radius 1 is 1.33 bits per heavy atom. The second-order valence-corrected chi connectivity index (χ2v) is 5.07.